The molecule has 5 nitrogen and oxygen atoms in total. The maximum absolute atomic E-state index is 8.82. The maximum atomic E-state index is 8.82. The lowest BCUT2D eigenvalue weighted by Gasteiger charge is -2.47. The molecule has 3 rings (SSSR count). The highest BCUT2D eigenvalue weighted by Crippen LogP contribution is 2.32. The van der Waals surface area contributed by atoms with Gasteiger partial charge in [0.05, 0.1) is 24.6 Å². The zero-order chi connectivity index (χ0) is 14.0. The monoisotopic (exact) mass is 273 g/mol. The topological polar surface area (TPSA) is 58.4 Å². The minimum absolute atomic E-state index is 0.168. The Balaban J connectivity index is 1.80. The molecule has 2 saturated heterocycles. The van der Waals surface area contributed by atoms with Crippen molar-refractivity contribution in [2.45, 2.75) is 31.5 Å². The van der Waals surface area contributed by atoms with E-state index in [9.17, 15) is 0 Å². The molecule has 0 unspecified atom stereocenters. The molecule has 1 aromatic heterocycles. The number of morpholine rings is 1. The molecule has 20 heavy (non-hydrogen) atoms. The van der Waals surface area contributed by atoms with E-state index in [0.29, 0.717) is 12.3 Å². The Bertz CT molecular complexity index is 503. The first-order valence-corrected chi connectivity index (χ1v) is 7.07. The molecular weight excluding hydrogens is 254 g/mol. The molecule has 2 atom stereocenters. The van der Waals surface area contributed by atoms with Crippen LogP contribution in [0.4, 0.5) is 5.69 Å². The summed E-state index contributed by atoms with van der Waals surface area (Å²) < 4.78 is 11.8. The van der Waals surface area contributed by atoms with Crippen molar-refractivity contribution in [1.82, 2.24) is 4.98 Å². The number of aromatic nitrogens is 1. The Hall–Kier alpha value is -1.64. The van der Waals surface area contributed by atoms with Gasteiger partial charge in [0.2, 0.25) is 0 Å². The summed E-state index contributed by atoms with van der Waals surface area (Å²) in [5, 5.41) is 8.82. The summed E-state index contributed by atoms with van der Waals surface area (Å²) in [6, 6.07) is 5.77. The van der Waals surface area contributed by atoms with Crippen LogP contribution in [0.1, 0.15) is 25.5 Å². The number of anilines is 1. The third-order valence-electron chi connectivity index (χ3n) is 3.92. The van der Waals surface area contributed by atoms with Gasteiger partial charge in [-0.25, -0.2) is 4.98 Å². The number of ether oxygens (including phenoxy) is 2. The van der Waals surface area contributed by atoms with Gasteiger partial charge in [0.1, 0.15) is 17.4 Å². The van der Waals surface area contributed by atoms with Gasteiger partial charge in [-0.05, 0) is 31.9 Å². The second-order valence-corrected chi connectivity index (χ2v) is 5.66. The van der Waals surface area contributed by atoms with Gasteiger partial charge in [-0.1, -0.05) is 0 Å². The molecule has 0 saturated carbocycles. The molecular formula is C15H19N3O2. The predicted molar refractivity (Wildman–Crippen MR) is 74.5 cm³/mol. The highest BCUT2D eigenvalue weighted by Gasteiger charge is 2.41. The van der Waals surface area contributed by atoms with Gasteiger partial charge in [-0.15, -0.1) is 0 Å². The Kier molecular flexibility index (Phi) is 3.60. The van der Waals surface area contributed by atoms with Crippen molar-refractivity contribution in [3.63, 3.8) is 0 Å². The van der Waals surface area contributed by atoms with E-state index in [2.05, 4.69) is 16.8 Å². The first kappa shape index (κ1) is 13.3. The van der Waals surface area contributed by atoms with Crippen LogP contribution in [0, 0.1) is 11.3 Å². The minimum Gasteiger partial charge on any atom is -0.378 e. The van der Waals surface area contributed by atoms with Crippen molar-refractivity contribution in [3.05, 3.63) is 24.0 Å². The quantitative estimate of drug-likeness (QED) is 0.780. The number of nitrogens with zero attached hydrogens (tertiary/aromatic N) is 3. The smallest absolute Gasteiger partial charge is 0.140 e. The van der Waals surface area contributed by atoms with E-state index in [-0.39, 0.29) is 11.7 Å². The van der Waals surface area contributed by atoms with E-state index in [4.69, 9.17) is 14.7 Å². The fraction of sp³-hybridized carbons (Fsp3) is 0.600. The van der Waals surface area contributed by atoms with Crippen molar-refractivity contribution >= 4 is 5.69 Å². The minimum atomic E-state index is -0.191. The lowest BCUT2D eigenvalue weighted by Crippen LogP contribution is -2.58. The maximum Gasteiger partial charge on any atom is 0.140 e. The molecule has 2 fully saturated rings. The van der Waals surface area contributed by atoms with Crippen molar-refractivity contribution in [1.29, 1.82) is 5.26 Å². The van der Waals surface area contributed by atoms with Crippen LogP contribution in [0.25, 0.3) is 0 Å². The Morgan fingerprint density at radius 1 is 1.50 bits per heavy atom. The summed E-state index contributed by atoms with van der Waals surface area (Å²) in [5.74, 6) is 0. The molecule has 1 aromatic rings. The predicted octanol–water partition coefficient (Wildman–Crippen LogP) is 1.73. The van der Waals surface area contributed by atoms with E-state index in [1.807, 2.05) is 12.1 Å². The average molecular weight is 273 g/mol. The summed E-state index contributed by atoms with van der Waals surface area (Å²) in [4.78, 5) is 6.44. The SMILES string of the molecule is C[C@@H]1CN(c2ccc(C#N)nc2)C[C@@]2(CCCOC2)O1. The van der Waals surface area contributed by atoms with Crippen LogP contribution in [0.3, 0.4) is 0 Å². The lowest BCUT2D eigenvalue weighted by molar-refractivity contribution is -0.160. The molecule has 0 bridgehead atoms. The fourth-order valence-electron chi connectivity index (χ4n) is 3.10. The second-order valence-electron chi connectivity index (χ2n) is 5.66. The van der Waals surface area contributed by atoms with Crippen LogP contribution < -0.4 is 4.90 Å². The Morgan fingerprint density at radius 2 is 2.40 bits per heavy atom. The van der Waals surface area contributed by atoms with Gasteiger partial charge in [0.15, 0.2) is 0 Å². The number of pyridine rings is 1. The van der Waals surface area contributed by atoms with Gasteiger partial charge in [0, 0.05) is 19.7 Å². The first-order chi connectivity index (χ1) is 9.71. The van der Waals surface area contributed by atoms with Crippen LogP contribution in [-0.4, -0.2) is 43.0 Å². The fourth-order valence-corrected chi connectivity index (χ4v) is 3.10. The standard InChI is InChI=1S/C15H19N3O2/c1-12-9-18(14-4-3-13(7-16)17-8-14)10-15(20-12)5-2-6-19-11-15/h3-4,8,12H,2,5-6,9-11H2,1H3/t12-,15-/m1/s1. The number of rotatable bonds is 1. The highest BCUT2D eigenvalue weighted by molar-refractivity contribution is 5.47. The average Bonchev–Trinajstić information content (AvgIpc) is 2.47. The molecule has 106 valence electrons. The summed E-state index contributed by atoms with van der Waals surface area (Å²) >= 11 is 0. The third kappa shape index (κ3) is 2.62. The molecule has 0 aromatic carbocycles. The van der Waals surface area contributed by atoms with E-state index >= 15 is 0 Å². The second kappa shape index (κ2) is 5.39. The molecule has 0 N–H and O–H groups in total. The highest BCUT2D eigenvalue weighted by atomic mass is 16.6. The van der Waals surface area contributed by atoms with Crippen LogP contribution in [0.2, 0.25) is 0 Å². The zero-order valence-electron chi connectivity index (χ0n) is 11.7. The van der Waals surface area contributed by atoms with E-state index in [1.165, 1.54) is 0 Å². The van der Waals surface area contributed by atoms with Crippen LogP contribution in [0.15, 0.2) is 18.3 Å². The van der Waals surface area contributed by atoms with Crippen molar-refractivity contribution in [3.8, 4) is 6.07 Å². The Labute approximate surface area is 119 Å². The zero-order valence-corrected chi connectivity index (χ0v) is 11.7. The first-order valence-electron chi connectivity index (χ1n) is 7.07. The summed E-state index contributed by atoms with van der Waals surface area (Å²) in [5.41, 5.74) is 1.30. The molecule has 2 aliphatic heterocycles. The van der Waals surface area contributed by atoms with E-state index < -0.39 is 0 Å². The van der Waals surface area contributed by atoms with Gasteiger partial charge in [0.25, 0.3) is 0 Å². The molecule has 2 aliphatic rings. The van der Waals surface area contributed by atoms with Gasteiger partial charge in [-0.2, -0.15) is 5.26 Å². The van der Waals surface area contributed by atoms with E-state index in [0.717, 1.165) is 38.2 Å². The largest absolute Gasteiger partial charge is 0.378 e. The van der Waals surface area contributed by atoms with Gasteiger partial charge >= 0.3 is 0 Å². The normalized spacial score (nSPS) is 30.2. The van der Waals surface area contributed by atoms with Crippen LogP contribution in [-0.2, 0) is 9.47 Å². The van der Waals surface area contributed by atoms with Gasteiger partial charge in [-0.3, -0.25) is 0 Å². The van der Waals surface area contributed by atoms with Crippen molar-refractivity contribution < 1.29 is 9.47 Å². The molecule has 3 heterocycles. The van der Waals surface area contributed by atoms with E-state index in [1.54, 1.807) is 12.3 Å². The summed E-state index contributed by atoms with van der Waals surface area (Å²) in [6.45, 7) is 5.26. The van der Waals surface area contributed by atoms with Crippen molar-refractivity contribution in [2.24, 2.45) is 0 Å². The van der Waals surface area contributed by atoms with Gasteiger partial charge < -0.3 is 14.4 Å². The number of nitriles is 1. The summed E-state index contributed by atoms with van der Waals surface area (Å²) in [7, 11) is 0. The number of hydrogen-bond acceptors (Lipinski definition) is 5. The molecule has 1 spiro atoms. The number of hydrogen-bond donors (Lipinski definition) is 0. The Morgan fingerprint density at radius 3 is 3.05 bits per heavy atom. The van der Waals surface area contributed by atoms with Crippen LogP contribution in [0.5, 0.6) is 0 Å². The molecule has 5 heteroatoms. The molecule has 0 amide bonds. The van der Waals surface area contributed by atoms with Crippen molar-refractivity contribution in [2.75, 3.05) is 31.2 Å². The molecule has 0 radical (unpaired) electrons. The summed E-state index contributed by atoms with van der Waals surface area (Å²) in [6.07, 6.45) is 4.03. The van der Waals surface area contributed by atoms with Crippen LogP contribution >= 0.6 is 0 Å². The lowest BCUT2D eigenvalue weighted by atomic mass is 9.93. The third-order valence-corrected chi connectivity index (χ3v) is 3.92. The molecule has 0 aliphatic carbocycles.